The average Bonchev–Trinajstić information content (AvgIpc) is 1.58. The molecule has 9 atom stereocenters. The van der Waals surface area contributed by atoms with E-state index in [0.29, 0.717) is 31.6 Å². The number of hydrogen-bond acceptors (Lipinski definition) is 7. The van der Waals surface area contributed by atoms with Crippen LogP contribution in [0.1, 0.15) is 151 Å². The van der Waals surface area contributed by atoms with Gasteiger partial charge in [-0.3, -0.25) is 0 Å². The molecule has 2 aliphatic heterocycles. The molecule has 0 bridgehead atoms. The minimum absolute atomic E-state index is 0.0784. The monoisotopic (exact) mass is 1790 g/mol. The first-order chi connectivity index (χ1) is 58.6. The molecule has 2 heterocycles. The van der Waals surface area contributed by atoms with E-state index in [-0.39, 0.29) is 28.7 Å². The van der Waals surface area contributed by atoms with Crippen molar-refractivity contribution >= 4 is 122 Å². The number of ether oxygens (including phenoxy) is 1. The Morgan fingerprint density at radius 3 is 1.22 bits per heavy atom. The van der Waals surface area contributed by atoms with Crippen molar-refractivity contribution in [3.8, 4) is 0 Å². The summed E-state index contributed by atoms with van der Waals surface area (Å²) in [6, 6.07) is 111. The molecule has 622 valence electrons. The fraction of sp³-hybridized carbons (Fsp3) is 0.182. The highest BCUT2D eigenvalue weighted by molar-refractivity contribution is 7.80. The molecule has 13 aromatic rings. The van der Waals surface area contributed by atoms with Crippen LogP contribution in [0, 0.1) is 0 Å². The van der Waals surface area contributed by atoms with E-state index in [4.69, 9.17) is 126 Å². The van der Waals surface area contributed by atoms with Gasteiger partial charge in [-0.05, 0) is 226 Å². The predicted molar refractivity (Wildman–Crippen MR) is 510 cm³/mol. The van der Waals surface area contributed by atoms with Crippen molar-refractivity contribution in [3.63, 3.8) is 0 Å². The zero-order chi connectivity index (χ0) is 87.9. The average molecular weight is 1800 g/mol. The number of nitrogens with zero attached hydrogens (tertiary/aromatic N) is 9. The quantitative estimate of drug-likeness (QED) is 0.0117. The third-order valence-corrected chi connectivity index (χ3v) is 23.2. The van der Waals surface area contributed by atoms with Gasteiger partial charge in [-0.1, -0.05) is 383 Å². The van der Waals surface area contributed by atoms with Gasteiger partial charge in [0.1, 0.15) is 17.2 Å². The van der Waals surface area contributed by atoms with E-state index < -0.39 is 29.3 Å². The maximum atomic E-state index is 10.6. The Balaban J connectivity index is 0.000000163. The van der Waals surface area contributed by atoms with Crippen LogP contribution >= 0.6 is 105 Å². The van der Waals surface area contributed by atoms with Crippen LogP contribution in [-0.2, 0) is 38.2 Å². The van der Waals surface area contributed by atoms with Crippen molar-refractivity contribution < 1.29 is 14.9 Å². The normalized spacial score (nSPS) is 17.0. The van der Waals surface area contributed by atoms with Crippen LogP contribution in [-0.4, -0.2) is 15.3 Å². The lowest BCUT2D eigenvalue weighted by Crippen LogP contribution is -2.38. The zero-order valence-corrected chi connectivity index (χ0v) is 74.8. The number of epoxide rings is 1. The lowest BCUT2D eigenvalue weighted by Gasteiger charge is -2.31. The van der Waals surface area contributed by atoms with Gasteiger partial charge in [-0.2, -0.15) is 0 Å². The number of azide groups is 3. The van der Waals surface area contributed by atoms with E-state index in [2.05, 4.69) is 116 Å². The molecular formula is C99H91Cl8N11O3S. The molecule has 2 saturated heterocycles. The van der Waals surface area contributed by atoms with E-state index >= 15 is 0 Å². The largest absolute Gasteiger partial charge is 0.388 e. The third-order valence-electron chi connectivity index (χ3n) is 20.9. The van der Waals surface area contributed by atoms with Crippen molar-refractivity contribution in [1.29, 1.82) is 0 Å². The summed E-state index contributed by atoms with van der Waals surface area (Å²) >= 11 is 51.8. The van der Waals surface area contributed by atoms with Crippen molar-refractivity contribution in [2.75, 3.05) is 0 Å². The highest BCUT2D eigenvalue weighted by atomic mass is 35.5. The topological polar surface area (TPSA) is 223 Å². The minimum Gasteiger partial charge on any atom is -0.388 e. The number of hydrogen-bond donors (Lipinski definition) is 4. The number of aliphatic hydroxyl groups is 2. The molecule has 13 aromatic carbocycles. The number of nitrogens with one attached hydrogen (secondary N) is 2. The Kier molecular flexibility index (Phi) is 36.0. The minimum atomic E-state index is -1.08. The first-order valence-corrected chi connectivity index (χ1v) is 42.3. The van der Waals surface area contributed by atoms with E-state index in [1.807, 2.05) is 257 Å². The smallest absolute Gasteiger partial charge is 0.167 e. The van der Waals surface area contributed by atoms with Gasteiger partial charge in [-0.15, -0.1) is 11.6 Å². The van der Waals surface area contributed by atoms with Crippen LogP contribution in [0.25, 0.3) is 43.0 Å². The Morgan fingerprint density at radius 2 is 0.795 bits per heavy atom. The van der Waals surface area contributed by atoms with Crippen LogP contribution < -0.4 is 10.6 Å². The zero-order valence-electron chi connectivity index (χ0n) is 67.9. The number of halogens is 8. The summed E-state index contributed by atoms with van der Waals surface area (Å²) in [6.07, 6.45) is 0.781. The highest BCUT2D eigenvalue weighted by Gasteiger charge is 2.54. The van der Waals surface area contributed by atoms with E-state index in [1.54, 1.807) is 74.5 Å². The number of thiocarbonyl (C=S) groups is 1. The van der Waals surface area contributed by atoms with Crippen molar-refractivity contribution in [2.45, 2.75) is 112 Å². The summed E-state index contributed by atoms with van der Waals surface area (Å²) in [6.45, 7) is 13.9. The van der Waals surface area contributed by atoms with Gasteiger partial charge in [0.25, 0.3) is 0 Å². The summed E-state index contributed by atoms with van der Waals surface area (Å²) in [5.74, 6) is 0.553. The van der Waals surface area contributed by atoms with Crippen molar-refractivity contribution in [3.05, 3.63) is 491 Å². The summed E-state index contributed by atoms with van der Waals surface area (Å²) in [5.41, 5.74) is 38.2. The Labute approximate surface area is 759 Å². The standard InChI is InChI=1S/C16H15ClN2S.C16H17ClO.C15H13ClN6.C15H14ClN3O.C15H13ClO.C15H13Cl.C7H6Cl2/c1-16(12-5-3-2-4-6-12)14(18-15(20)19-16)11-7-9-13(17)10-8-11;1-16(2,13-6-4-3-5-7-13)15(18)12-8-10-14(17)11-9-12;1-15(20-22-18,12-5-3-2-4-6-12)14(19-21-17)11-7-9-13(16)10-8-11;1-15(18-19-17,12-5-3-2-4-6-12)14(20)11-7-9-13(16)10-8-11;1-15(12-5-3-2-4-6-12)14(17-15)11-7-9-13(16)10-8-11;1-12(14-5-3-2-4-6-14)11-13-7-9-15(16)10-8-13;8-5-6-1-3-7(9)4-2-6/h2-10,14H,1H3,(H2,18,19,20);3-11,15,18H,1-2H3;2-10,14H,1H3;2-10,14,20H,1H3;2-10,14H,1H3;2-11H,1H3;1-4H,5H2/b;;;;;12-11+;/t;15-;14-,15+;14-,15-;14-,15?;;/m.1101../s1. The van der Waals surface area contributed by atoms with Crippen molar-refractivity contribution in [1.82, 2.24) is 10.6 Å². The number of rotatable bonds is 19. The molecule has 4 N–H and O–H groups in total. The summed E-state index contributed by atoms with van der Waals surface area (Å²) in [5, 5.41) is 45.1. The molecule has 3 unspecified atom stereocenters. The maximum Gasteiger partial charge on any atom is 0.167 e. The van der Waals surface area contributed by atoms with Crippen LogP contribution in [0.4, 0.5) is 0 Å². The molecule has 0 amide bonds. The van der Waals surface area contributed by atoms with Gasteiger partial charge in [0, 0.05) is 61.2 Å². The fourth-order valence-corrected chi connectivity index (χ4v) is 15.0. The molecule has 14 nitrogen and oxygen atoms in total. The van der Waals surface area contributed by atoms with E-state index in [1.165, 1.54) is 33.4 Å². The summed E-state index contributed by atoms with van der Waals surface area (Å²) < 4.78 is 5.87. The Morgan fingerprint density at radius 1 is 0.443 bits per heavy atom. The van der Waals surface area contributed by atoms with Crippen LogP contribution in [0.2, 0.25) is 35.2 Å². The van der Waals surface area contributed by atoms with E-state index in [9.17, 15) is 10.2 Å². The number of benzene rings is 13. The SMILES string of the molecule is C/C(=C\c1ccc(Cl)cc1)c1ccccc1.CC(C)(c1ccccc1)[C@H](O)c1ccc(Cl)cc1.CC1(c2ccccc2)NC(=S)NC1c1ccc(Cl)cc1.CC1(c2ccccc2)O[C@@H]1c1ccc(Cl)cc1.C[C@](N=[N+]=[N-])(c1ccccc1)[C@@H](O)c1ccc(Cl)cc1.C[C@](N=[N+]=[N-])(c1ccccc1)[C@H](N=[N+]=[N-])c1ccc(Cl)cc1.ClCc1ccc(Cl)cc1. The predicted octanol–water partition coefficient (Wildman–Crippen LogP) is 30.9. The lowest BCUT2D eigenvalue weighted by atomic mass is 9.77. The molecule has 23 heteroatoms. The maximum absolute atomic E-state index is 10.6. The molecule has 2 fully saturated rings. The molecule has 122 heavy (non-hydrogen) atoms. The second kappa shape index (κ2) is 46.1. The van der Waals surface area contributed by atoms with Gasteiger partial charge in [-0.25, -0.2) is 0 Å². The van der Waals surface area contributed by atoms with Crippen molar-refractivity contribution in [2.24, 2.45) is 15.3 Å². The number of aliphatic hydroxyl groups excluding tert-OH is 2. The third kappa shape index (κ3) is 26.5. The molecular weight excluding hydrogens is 1710 g/mol. The van der Waals surface area contributed by atoms with E-state index in [0.717, 1.165) is 59.0 Å². The first-order valence-electron chi connectivity index (χ1n) is 38.7. The molecule has 0 spiro atoms. The molecule has 0 saturated carbocycles. The molecule has 0 radical (unpaired) electrons. The lowest BCUT2D eigenvalue weighted by molar-refractivity contribution is 0.0934. The number of alkyl halides is 1. The summed E-state index contributed by atoms with van der Waals surface area (Å²) in [7, 11) is 0. The second-order valence-electron chi connectivity index (χ2n) is 29.7. The van der Waals surface area contributed by atoms with Gasteiger partial charge >= 0.3 is 0 Å². The summed E-state index contributed by atoms with van der Waals surface area (Å²) in [4.78, 5) is 8.75. The number of allylic oxidation sites excluding steroid dienone is 1. The Bertz CT molecular complexity index is 5620. The van der Waals surface area contributed by atoms with Gasteiger partial charge in [0.05, 0.1) is 35.4 Å². The molecule has 0 aliphatic carbocycles. The van der Waals surface area contributed by atoms with Crippen LogP contribution in [0.3, 0.4) is 0 Å². The van der Waals surface area contributed by atoms with Crippen LogP contribution in [0.15, 0.2) is 367 Å². The molecule has 0 aromatic heterocycles. The highest BCUT2D eigenvalue weighted by Crippen LogP contribution is 2.57. The fourth-order valence-electron chi connectivity index (χ4n) is 13.6. The van der Waals surface area contributed by atoms with Gasteiger partial charge < -0.3 is 25.6 Å². The second-order valence-corrected chi connectivity index (χ2v) is 33.5. The molecule has 2 aliphatic rings. The Hall–Kier alpha value is -10.6. The molecule has 15 rings (SSSR count). The van der Waals surface area contributed by atoms with Gasteiger partial charge in [0.2, 0.25) is 0 Å². The van der Waals surface area contributed by atoms with Crippen LogP contribution in [0.5, 0.6) is 0 Å². The van der Waals surface area contributed by atoms with Gasteiger partial charge in [0.15, 0.2) is 5.11 Å². The first kappa shape index (κ1) is 95.3.